The third-order valence-electron chi connectivity index (χ3n) is 1.96. The van der Waals surface area contributed by atoms with Gasteiger partial charge in [-0.05, 0) is 31.0 Å². The van der Waals surface area contributed by atoms with Gasteiger partial charge in [0.05, 0.1) is 6.61 Å². The first kappa shape index (κ1) is 10.1. The summed E-state index contributed by atoms with van der Waals surface area (Å²) in [6.45, 7) is 3.53. The molecule has 0 saturated heterocycles. The molecule has 0 aromatic heterocycles. The highest BCUT2D eigenvalue weighted by Gasteiger charge is 1.98. The molecule has 0 heterocycles. The molecule has 0 fully saturated rings. The van der Waals surface area contributed by atoms with Crippen LogP contribution in [0, 0.1) is 0 Å². The average Bonchev–Trinajstić information content (AvgIpc) is 2.19. The SMILES string of the molecule is CCc1ccccc1OCCCN. The fraction of sp³-hybridized carbons (Fsp3) is 0.455. The molecule has 72 valence electrons. The van der Waals surface area contributed by atoms with Gasteiger partial charge in [-0.2, -0.15) is 0 Å². The standard InChI is InChI=1S/C11H17NO/c1-2-10-6-3-4-7-11(10)13-9-5-8-12/h3-4,6-7H,2,5,8-9,12H2,1H3. The zero-order valence-electron chi connectivity index (χ0n) is 8.12. The number of aryl methyl sites for hydroxylation is 1. The predicted octanol–water partition coefficient (Wildman–Crippen LogP) is 1.98. The van der Waals surface area contributed by atoms with Crippen molar-refractivity contribution in [1.29, 1.82) is 0 Å². The first-order chi connectivity index (χ1) is 6.38. The van der Waals surface area contributed by atoms with E-state index in [0.717, 1.165) is 18.6 Å². The lowest BCUT2D eigenvalue weighted by molar-refractivity contribution is 0.310. The highest BCUT2D eigenvalue weighted by molar-refractivity contribution is 5.33. The Bertz CT molecular complexity index is 248. The Morgan fingerprint density at radius 2 is 2.08 bits per heavy atom. The molecule has 0 aliphatic heterocycles. The van der Waals surface area contributed by atoms with Gasteiger partial charge in [0.15, 0.2) is 0 Å². The van der Waals surface area contributed by atoms with Crippen LogP contribution in [0.15, 0.2) is 24.3 Å². The lowest BCUT2D eigenvalue weighted by Crippen LogP contribution is -2.06. The summed E-state index contributed by atoms with van der Waals surface area (Å²) in [4.78, 5) is 0. The van der Waals surface area contributed by atoms with Gasteiger partial charge in [0.1, 0.15) is 5.75 Å². The highest BCUT2D eigenvalue weighted by atomic mass is 16.5. The van der Waals surface area contributed by atoms with Gasteiger partial charge in [-0.25, -0.2) is 0 Å². The molecule has 0 aliphatic carbocycles. The fourth-order valence-corrected chi connectivity index (χ4v) is 1.20. The Hall–Kier alpha value is -1.02. The molecular weight excluding hydrogens is 162 g/mol. The Morgan fingerprint density at radius 3 is 2.77 bits per heavy atom. The quantitative estimate of drug-likeness (QED) is 0.701. The molecule has 0 aliphatic rings. The van der Waals surface area contributed by atoms with E-state index in [9.17, 15) is 0 Å². The van der Waals surface area contributed by atoms with Crippen LogP contribution >= 0.6 is 0 Å². The van der Waals surface area contributed by atoms with Crippen molar-refractivity contribution in [2.24, 2.45) is 5.73 Å². The van der Waals surface area contributed by atoms with Crippen LogP contribution in [-0.2, 0) is 6.42 Å². The summed E-state index contributed by atoms with van der Waals surface area (Å²) in [5.41, 5.74) is 6.65. The molecular formula is C11H17NO. The van der Waals surface area contributed by atoms with Crippen LogP contribution in [0.1, 0.15) is 18.9 Å². The van der Waals surface area contributed by atoms with Crippen molar-refractivity contribution in [3.63, 3.8) is 0 Å². The summed E-state index contributed by atoms with van der Waals surface area (Å²) < 4.78 is 5.59. The summed E-state index contributed by atoms with van der Waals surface area (Å²) in [5.74, 6) is 0.999. The summed E-state index contributed by atoms with van der Waals surface area (Å²) in [7, 11) is 0. The van der Waals surface area contributed by atoms with E-state index in [1.54, 1.807) is 0 Å². The molecule has 2 N–H and O–H groups in total. The maximum Gasteiger partial charge on any atom is 0.122 e. The van der Waals surface area contributed by atoms with E-state index in [-0.39, 0.29) is 0 Å². The third-order valence-corrected chi connectivity index (χ3v) is 1.96. The lowest BCUT2D eigenvalue weighted by atomic mass is 10.1. The number of benzene rings is 1. The fourth-order valence-electron chi connectivity index (χ4n) is 1.20. The molecule has 2 heteroatoms. The maximum absolute atomic E-state index is 5.59. The Morgan fingerprint density at radius 1 is 1.31 bits per heavy atom. The third kappa shape index (κ3) is 3.07. The van der Waals surface area contributed by atoms with Gasteiger partial charge in [-0.3, -0.25) is 0 Å². The van der Waals surface area contributed by atoms with E-state index in [0.29, 0.717) is 13.2 Å². The maximum atomic E-state index is 5.59. The van der Waals surface area contributed by atoms with E-state index in [2.05, 4.69) is 13.0 Å². The van der Waals surface area contributed by atoms with Crippen molar-refractivity contribution in [2.75, 3.05) is 13.2 Å². The number of hydrogen-bond donors (Lipinski definition) is 1. The minimum absolute atomic E-state index is 0.689. The average molecular weight is 179 g/mol. The second-order valence-electron chi connectivity index (χ2n) is 2.95. The van der Waals surface area contributed by atoms with E-state index in [1.165, 1.54) is 5.56 Å². The summed E-state index contributed by atoms with van der Waals surface area (Å²) in [6, 6.07) is 8.14. The Balaban J connectivity index is 2.54. The van der Waals surface area contributed by atoms with Crippen molar-refractivity contribution in [2.45, 2.75) is 19.8 Å². The smallest absolute Gasteiger partial charge is 0.122 e. The second kappa shape index (κ2) is 5.60. The molecule has 1 aromatic carbocycles. The zero-order valence-corrected chi connectivity index (χ0v) is 8.12. The molecule has 0 amide bonds. The van der Waals surface area contributed by atoms with E-state index in [1.807, 2.05) is 18.2 Å². The normalized spacial score (nSPS) is 10.0. The monoisotopic (exact) mass is 179 g/mol. The van der Waals surface area contributed by atoms with Crippen molar-refractivity contribution in [1.82, 2.24) is 0 Å². The summed E-state index contributed by atoms with van der Waals surface area (Å²) in [5, 5.41) is 0. The van der Waals surface area contributed by atoms with Crippen LogP contribution in [0.3, 0.4) is 0 Å². The highest BCUT2D eigenvalue weighted by Crippen LogP contribution is 2.18. The lowest BCUT2D eigenvalue weighted by Gasteiger charge is -2.08. The number of rotatable bonds is 5. The second-order valence-corrected chi connectivity index (χ2v) is 2.95. The molecule has 0 radical (unpaired) electrons. The van der Waals surface area contributed by atoms with Gasteiger partial charge < -0.3 is 10.5 Å². The molecule has 1 aromatic rings. The van der Waals surface area contributed by atoms with Crippen molar-refractivity contribution in [3.05, 3.63) is 29.8 Å². The van der Waals surface area contributed by atoms with E-state index >= 15 is 0 Å². The van der Waals surface area contributed by atoms with Crippen LogP contribution in [0.25, 0.3) is 0 Å². The van der Waals surface area contributed by atoms with Crippen molar-refractivity contribution >= 4 is 0 Å². The summed E-state index contributed by atoms with van der Waals surface area (Å²) in [6.07, 6.45) is 1.93. The van der Waals surface area contributed by atoms with Gasteiger partial charge in [0.25, 0.3) is 0 Å². The topological polar surface area (TPSA) is 35.2 Å². The number of ether oxygens (including phenoxy) is 1. The number of para-hydroxylation sites is 1. The number of hydrogen-bond acceptors (Lipinski definition) is 2. The minimum atomic E-state index is 0.689. The van der Waals surface area contributed by atoms with Crippen LogP contribution in [-0.4, -0.2) is 13.2 Å². The van der Waals surface area contributed by atoms with Gasteiger partial charge in [0.2, 0.25) is 0 Å². The van der Waals surface area contributed by atoms with Gasteiger partial charge in [0, 0.05) is 0 Å². The molecule has 2 nitrogen and oxygen atoms in total. The zero-order chi connectivity index (χ0) is 9.52. The molecule has 1 rings (SSSR count). The predicted molar refractivity (Wildman–Crippen MR) is 55.0 cm³/mol. The van der Waals surface area contributed by atoms with Crippen molar-refractivity contribution < 1.29 is 4.74 Å². The molecule has 0 saturated carbocycles. The molecule has 0 atom stereocenters. The van der Waals surface area contributed by atoms with E-state index < -0.39 is 0 Å². The minimum Gasteiger partial charge on any atom is -0.493 e. The van der Waals surface area contributed by atoms with Crippen molar-refractivity contribution in [3.8, 4) is 5.75 Å². The van der Waals surface area contributed by atoms with Crippen LogP contribution in [0.5, 0.6) is 5.75 Å². The van der Waals surface area contributed by atoms with Gasteiger partial charge in [-0.1, -0.05) is 25.1 Å². The summed E-state index contributed by atoms with van der Waals surface area (Å²) >= 11 is 0. The molecule has 0 bridgehead atoms. The molecule has 0 spiro atoms. The first-order valence-electron chi connectivity index (χ1n) is 4.79. The largest absolute Gasteiger partial charge is 0.493 e. The molecule has 0 unspecified atom stereocenters. The Kier molecular flexibility index (Phi) is 4.33. The van der Waals surface area contributed by atoms with Gasteiger partial charge in [-0.15, -0.1) is 0 Å². The first-order valence-corrected chi connectivity index (χ1v) is 4.79. The van der Waals surface area contributed by atoms with Crippen LogP contribution < -0.4 is 10.5 Å². The van der Waals surface area contributed by atoms with Gasteiger partial charge >= 0.3 is 0 Å². The number of nitrogens with two attached hydrogens (primary N) is 1. The molecule has 13 heavy (non-hydrogen) atoms. The van der Waals surface area contributed by atoms with E-state index in [4.69, 9.17) is 10.5 Å². The van der Waals surface area contributed by atoms with Crippen LogP contribution in [0.4, 0.5) is 0 Å². The van der Waals surface area contributed by atoms with Crippen LogP contribution in [0.2, 0.25) is 0 Å². The Labute approximate surface area is 79.7 Å².